The lowest BCUT2D eigenvalue weighted by Gasteiger charge is -2.58. The van der Waals surface area contributed by atoms with Crippen LogP contribution in [0.1, 0.15) is 230 Å². The number of amides is 3. The summed E-state index contributed by atoms with van der Waals surface area (Å²) in [5, 5.41) is 6.01. The molecular formula is C63H105N3O8. The maximum absolute atomic E-state index is 13.9. The van der Waals surface area contributed by atoms with Crippen molar-refractivity contribution in [3.63, 3.8) is 0 Å². The van der Waals surface area contributed by atoms with Crippen LogP contribution in [0.2, 0.25) is 0 Å². The Labute approximate surface area is 449 Å². The van der Waals surface area contributed by atoms with Gasteiger partial charge in [0.25, 0.3) is 0 Å². The summed E-state index contributed by atoms with van der Waals surface area (Å²) in [5.41, 5.74) is 1.45. The zero-order chi connectivity index (χ0) is 54.5. The summed E-state index contributed by atoms with van der Waals surface area (Å²) in [6.07, 6.45) is 22.2. The number of hydrogen-bond donors (Lipinski definition) is 2. The van der Waals surface area contributed by atoms with E-state index in [9.17, 15) is 19.2 Å². The highest BCUT2D eigenvalue weighted by atomic mass is 16.6. The minimum absolute atomic E-state index is 0.0239. The smallest absolute Gasteiger partial charge is 0.408 e. The van der Waals surface area contributed by atoms with Crippen LogP contribution in [-0.4, -0.2) is 71.9 Å². The van der Waals surface area contributed by atoms with E-state index < -0.39 is 28.9 Å². The Morgan fingerprint density at radius 3 is 2.11 bits per heavy atom. The van der Waals surface area contributed by atoms with E-state index in [1.54, 1.807) is 7.11 Å². The predicted octanol–water partition coefficient (Wildman–Crippen LogP) is 15.3. The fourth-order valence-electron chi connectivity index (χ4n) is 14.2. The van der Waals surface area contributed by atoms with Gasteiger partial charge in [-0.1, -0.05) is 104 Å². The Balaban J connectivity index is 1.06. The van der Waals surface area contributed by atoms with E-state index in [1.165, 1.54) is 56.9 Å². The Hall–Kier alpha value is -3.76. The molecule has 0 bridgehead atoms. The average molecular weight is 1030 g/mol. The van der Waals surface area contributed by atoms with Gasteiger partial charge in [-0.15, -0.1) is 0 Å². The molecule has 3 fully saturated rings. The highest BCUT2D eigenvalue weighted by Crippen LogP contribution is 2.67. The molecule has 4 aliphatic rings. The summed E-state index contributed by atoms with van der Waals surface area (Å²) in [4.78, 5) is 54.5. The van der Waals surface area contributed by atoms with Gasteiger partial charge in [0.05, 0.1) is 7.11 Å². The summed E-state index contributed by atoms with van der Waals surface area (Å²) in [5.74, 6) is 6.16. The molecule has 1 aromatic carbocycles. The van der Waals surface area contributed by atoms with Crippen molar-refractivity contribution in [3.8, 4) is 5.75 Å². The van der Waals surface area contributed by atoms with E-state index in [-0.39, 0.29) is 42.8 Å². The molecule has 0 aliphatic heterocycles. The molecule has 9 atom stereocenters. The first kappa shape index (κ1) is 61.1. The number of carbonyl (C=O) groups is 4. The van der Waals surface area contributed by atoms with Gasteiger partial charge in [-0.3, -0.25) is 9.59 Å². The number of methoxy groups -OCH3 is 1. The van der Waals surface area contributed by atoms with Gasteiger partial charge < -0.3 is 34.5 Å². The van der Waals surface area contributed by atoms with Crippen molar-refractivity contribution in [3.05, 3.63) is 41.5 Å². The number of fused-ring (bicyclic) bond motifs is 5. The van der Waals surface area contributed by atoms with Crippen LogP contribution in [0.3, 0.4) is 0 Å². The molecule has 74 heavy (non-hydrogen) atoms. The van der Waals surface area contributed by atoms with E-state index in [0.717, 1.165) is 111 Å². The highest BCUT2D eigenvalue weighted by Gasteiger charge is 2.59. The predicted molar refractivity (Wildman–Crippen MR) is 299 cm³/mol. The van der Waals surface area contributed by atoms with Crippen molar-refractivity contribution in [2.75, 3.05) is 20.2 Å². The minimum atomic E-state index is -0.615. The van der Waals surface area contributed by atoms with Gasteiger partial charge >= 0.3 is 18.2 Å². The molecule has 11 heteroatoms. The van der Waals surface area contributed by atoms with Crippen molar-refractivity contribution in [2.45, 2.75) is 254 Å². The number of allylic oxidation sites excluding steroid dienone is 1. The molecule has 0 radical (unpaired) electrons. The molecule has 1 aromatic rings. The zero-order valence-corrected chi connectivity index (χ0v) is 49.2. The third kappa shape index (κ3) is 17.6. The summed E-state index contributed by atoms with van der Waals surface area (Å²) < 4.78 is 22.4. The molecule has 3 saturated carbocycles. The Morgan fingerprint density at radius 1 is 0.757 bits per heavy atom. The summed E-state index contributed by atoms with van der Waals surface area (Å²) in [7, 11) is 1.62. The first-order chi connectivity index (χ1) is 34.8. The van der Waals surface area contributed by atoms with Gasteiger partial charge in [-0.2, -0.15) is 0 Å². The van der Waals surface area contributed by atoms with Crippen molar-refractivity contribution < 1.29 is 38.1 Å². The number of alkyl carbamates (subject to hydrolysis) is 2. The number of carbonyl (C=O) groups excluding carboxylic acids is 4. The highest BCUT2D eigenvalue weighted by molar-refractivity contribution is 5.77. The van der Waals surface area contributed by atoms with E-state index in [1.807, 2.05) is 77.6 Å². The van der Waals surface area contributed by atoms with Gasteiger partial charge in [-0.05, 0) is 195 Å². The van der Waals surface area contributed by atoms with E-state index >= 15 is 0 Å². The second-order valence-corrected chi connectivity index (χ2v) is 26.8. The van der Waals surface area contributed by atoms with Crippen molar-refractivity contribution >= 4 is 24.1 Å². The Bertz CT molecular complexity index is 1990. The van der Waals surface area contributed by atoms with Gasteiger partial charge in [0, 0.05) is 43.4 Å². The van der Waals surface area contributed by atoms with Crippen LogP contribution in [0.5, 0.6) is 5.75 Å². The van der Waals surface area contributed by atoms with E-state index in [4.69, 9.17) is 18.9 Å². The lowest BCUT2D eigenvalue weighted by molar-refractivity contribution is -0.151. The van der Waals surface area contributed by atoms with Crippen LogP contribution in [0.4, 0.5) is 9.59 Å². The molecule has 0 spiro atoms. The Kier molecular flexibility index (Phi) is 22.3. The molecule has 4 aliphatic carbocycles. The number of benzene rings is 1. The van der Waals surface area contributed by atoms with Gasteiger partial charge in [0.15, 0.2) is 0 Å². The molecule has 2 N–H and O–H groups in total. The fourth-order valence-corrected chi connectivity index (χ4v) is 14.2. The van der Waals surface area contributed by atoms with Crippen LogP contribution in [0.15, 0.2) is 35.9 Å². The van der Waals surface area contributed by atoms with Crippen molar-refractivity contribution in [2.24, 2.45) is 52.3 Å². The molecule has 0 heterocycles. The molecule has 0 aromatic heterocycles. The monoisotopic (exact) mass is 1030 g/mol. The number of nitrogens with zero attached hydrogens (tertiary/aromatic N) is 1. The zero-order valence-electron chi connectivity index (χ0n) is 49.2. The first-order valence-electron chi connectivity index (χ1n) is 29.5. The molecule has 3 amide bonds. The molecule has 420 valence electrons. The minimum Gasteiger partial charge on any atom is -0.497 e. The number of nitrogens with one attached hydrogen (secondary N) is 2. The summed E-state index contributed by atoms with van der Waals surface area (Å²) in [6, 6.07) is 7.45. The topological polar surface area (TPSA) is 132 Å². The second-order valence-electron chi connectivity index (χ2n) is 26.8. The number of hydrogen-bond acceptors (Lipinski definition) is 8. The quantitative estimate of drug-likeness (QED) is 0.0385. The third-order valence-corrected chi connectivity index (χ3v) is 18.7. The van der Waals surface area contributed by atoms with Gasteiger partial charge in [-0.25, -0.2) is 9.59 Å². The van der Waals surface area contributed by atoms with E-state index in [2.05, 4.69) is 58.3 Å². The SMILES string of the molecule is CC[C@H](CC[C@@H](C)[C@H]1CC[C@H]2[C@@H]3CC=C4C[C@@H](OC(=O)CCCC(=O)N(CCCCCCCC(C)(C)NC(=O)OCc5ccc(OC)cc5)CCC(C)(C)NC(=O)OC(C)(C)C)CC[C@]4(C)[C@H]3CC[C@]12C)C(C)C. The molecule has 5 rings (SSSR count). The lowest BCUT2D eigenvalue weighted by Crippen LogP contribution is -2.51. The van der Waals surface area contributed by atoms with Crippen LogP contribution in [-0.2, 0) is 30.4 Å². The maximum Gasteiger partial charge on any atom is 0.408 e. The number of rotatable bonds is 27. The van der Waals surface area contributed by atoms with Crippen LogP contribution < -0.4 is 15.4 Å². The first-order valence-corrected chi connectivity index (χ1v) is 29.5. The lowest BCUT2D eigenvalue weighted by atomic mass is 9.47. The molecule has 11 nitrogen and oxygen atoms in total. The Morgan fingerprint density at radius 2 is 1.43 bits per heavy atom. The van der Waals surface area contributed by atoms with Gasteiger partial charge in [0.1, 0.15) is 24.1 Å². The molecule has 0 saturated heterocycles. The van der Waals surface area contributed by atoms with Crippen LogP contribution in [0, 0.1) is 52.3 Å². The van der Waals surface area contributed by atoms with Crippen molar-refractivity contribution in [1.82, 2.24) is 15.5 Å². The van der Waals surface area contributed by atoms with Crippen LogP contribution in [0.25, 0.3) is 0 Å². The number of ether oxygens (including phenoxy) is 4. The number of esters is 1. The third-order valence-electron chi connectivity index (χ3n) is 18.7. The molecule has 0 unspecified atom stereocenters. The maximum atomic E-state index is 13.9. The normalized spacial score (nSPS) is 25.6. The number of unbranched alkanes of at least 4 members (excludes halogenated alkanes) is 4. The molecular weight excluding hydrogens is 927 g/mol. The largest absolute Gasteiger partial charge is 0.497 e. The summed E-state index contributed by atoms with van der Waals surface area (Å²) in [6.45, 7) is 29.7. The van der Waals surface area contributed by atoms with E-state index in [0.29, 0.717) is 31.3 Å². The van der Waals surface area contributed by atoms with Gasteiger partial charge in [0.2, 0.25) is 5.91 Å². The summed E-state index contributed by atoms with van der Waals surface area (Å²) >= 11 is 0. The van der Waals surface area contributed by atoms with Crippen LogP contribution >= 0.6 is 0 Å². The fraction of sp³-hybridized carbons (Fsp3) is 0.810. The van der Waals surface area contributed by atoms with Crippen molar-refractivity contribution in [1.29, 1.82) is 0 Å². The average Bonchev–Trinajstić information content (AvgIpc) is 3.68. The standard InChI is InChI=1S/C63H105N3O8/c1-15-47(44(2)3)27-24-45(4)52-32-33-53-51-31-28-48-42-50(34-37-62(48,12)54(51)35-38-63(52,53)13)73-56(68)23-21-22-55(67)66(41-39-61(10,11)65-58(70)74-59(5,6)7)40-20-18-16-17-19-36-60(8,9)64-57(69)72-43-46-25-29-49(71-14)30-26-46/h25-26,28-30,44-45,47,50-54H,15-24,27,31-43H2,1-14H3,(H,64,69)(H,65,70)/t45-,47-,50+,51+,52-,53+,54+,62+,63-/m1/s1. The second kappa shape index (κ2) is 27.0.